The first-order valence-electron chi connectivity index (χ1n) is 6.94. The van der Waals surface area contributed by atoms with Crippen molar-refractivity contribution in [2.24, 2.45) is 0 Å². The molecule has 2 rings (SSSR count). The largest absolute Gasteiger partial charge is 0.494 e. The minimum atomic E-state index is 0.798. The van der Waals surface area contributed by atoms with Crippen LogP contribution in [0.25, 0.3) is 0 Å². The summed E-state index contributed by atoms with van der Waals surface area (Å²) in [5.41, 5.74) is 7.83. The first-order chi connectivity index (χ1) is 9.84. The molecule has 0 unspecified atom stereocenters. The van der Waals surface area contributed by atoms with E-state index in [9.17, 15) is 0 Å². The van der Waals surface area contributed by atoms with Crippen LogP contribution in [0.15, 0.2) is 54.6 Å². The third kappa shape index (κ3) is 5.57. The molecule has 2 nitrogen and oxygen atoms in total. The average Bonchev–Trinajstić information content (AvgIpc) is 2.49. The number of hydrogen-bond acceptors (Lipinski definition) is 3. The Morgan fingerprint density at radius 1 is 0.900 bits per heavy atom. The normalized spacial score (nSPS) is 10.4. The fraction of sp³-hybridized carbons (Fsp3) is 0.294. The molecule has 3 heteroatoms. The maximum absolute atomic E-state index is 5.66. The van der Waals surface area contributed by atoms with E-state index in [1.54, 1.807) is 0 Å². The zero-order valence-electron chi connectivity index (χ0n) is 11.6. The molecule has 2 N–H and O–H groups in total. The lowest BCUT2D eigenvalue weighted by atomic mass is 10.2. The molecule has 0 amide bonds. The van der Waals surface area contributed by atoms with Gasteiger partial charge in [0, 0.05) is 11.4 Å². The van der Waals surface area contributed by atoms with Crippen LogP contribution in [-0.2, 0) is 5.75 Å². The SMILES string of the molecule is Nc1ccc(CSCCCCOc2ccccc2)cc1. The van der Waals surface area contributed by atoms with Crippen molar-refractivity contribution in [3.05, 3.63) is 60.2 Å². The average molecular weight is 287 g/mol. The van der Waals surface area contributed by atoms with Crippen molar-refractivity contribution in [2.45, 2.75) is 18.6 Å². The van der Waals surface area contributed by atoms with Crippen LogP contribution >= 0.6 is 11.8 Å². The van der Waals surface area contributed by atoms with Gasteiger partial charge in [0.05, 0.1) is 6.61 Å². The molecule has 0 radical (unpaired) electrons. The fourth-order valence-electron chi connectivity index (χ4n) is 1.82. The summed E-state index contributed by atoms with van der Waals surface area (Å²) >= 11 is 1.96. The number of benzene rings is 2. The molecule has 2 aromatic rings. The first-order valence-corrected chi connectivity index (χ1v) is 8.10. The summed E-state index contributed by atoms with van der Waals surface area (Å²) < 4.78 is 5.66. The molecule has 0 aromatic heterocycles. The van der Waals surface area contributed by atoms with Gasteiger partial charge in [0.15, 0.2) is 0 Å². The van der Waals surface area contributed by atoms with Crippen molar-refractivity contribution >= 4 is 17.4 Å². The number of rotatable bonds is 8. The third-order valence-electron chi connectivity index (χ3n) is 2.94. The van der Waals surface area contributed by atoms with Gasteiger partial charge >= 0.3 is 0 Å². The highest BCUT2D eigenvalue weighted by Gasteiger charge is 1.95. The van der Waals surface area contributed by atoms with Crippen LogP contribution < -0.4 is 10.5 Å². The van der Waals surface area contributed by atoms with Gasteiger partial charge < -0.3 is 10.5 Å². The summed E-state index contributed by atoms with van der Waals surface area (Å²) in [5.74, 6) is 3.18. The molecule has 0 saturated heterocycles. The molecule has 20 heavy (non-hydrogen) atoms. The van der Waals surface area contributed by atoms with Crippen molar-refractivity contribution in [2.75, 3.05) is 18.1 Å². The lowest BCUT2D eigenvalue weighted by Crippen LogP contribution is -1.97. The molecule has 0 aliphatic carbocycles. The van der Waals surface area contributed by atoms with E-state index in [0.29, 0.717) is 0 Å². The second kappa shape index (κ2) is 8.54. The van der Waals surface area contributed by atoms with E-state index in [-0.39, 0.29) is 0 Å². The van der Waals surface area contributed by atoms with Crippen molar-refractivity contribution in [1.29, 1.82) is 0 Å². The minimum Gasteiger partial charge on any atom is -0.494 e. The standard InChI is InChI=1S/C17H21NOS/c18-16-10-8-15(9-11-16)14-20-13-5-4-12-19-17-6-2-1-3-7-17/h1-3,6-11H,4-5,12-14,18H2. The Kier molecular flexibility index (Phi) is 6.32. The predicted molar refractivity (Wildman–Crippen MR) is 88.2 cm³/mol. The lowest BCUT2D eigenvalue weighted by Gasteiger charge is -2.06. The van der Waals surface area contributed by atoms with Crippen molar-refractivity contribution in [1.82, 2.24) is 0 Å². The molecule has 0 atom stereocenters. The molecule has 0 aliphatic heterocycles. The van der Waals surface area contributed by atoms with Gasteiger partial charge in [0.1, 0.15) is 5.75 Å². The fourth-order valence-corrected chi connectivity index (χ4v) is 2.80. The highest BCUT2D eigenvalue weighted by atomic mass is 32.2. The topological polar surface area (TPSA) is 35.2 Å². The number of para-hydroxylation sites is 1. The molecule has 2 aromatic carbocycles. The Morgan fingerprint density at radius 3 is 2.40 bits per heavy atom. The van der Waals surface area contributed by atoms with Crippen LogP contribution in [0.4, 0.5) is 5.69 Å². The molecule has 106 valence electrons. The van der Waals surface area contributed by atoms with E-state index in [1.165, 1.54) is 17.7 Å². The Balaban J connectivity index is 1.51. The van der Waals surface area contributed by atoms with Gasteiger partial charge in [-0.05, 0) is 48.4 Å². The monoisotopic (exact) mass is 287 g/mol. The van der Waals surface area contributed by atoms with Crippen molar-refractivity contribution < 1.29 is 4.74 Å². The molecule has 0 saturated carbocycles. The molecule has 0 bridgehead atoms. The Morgan fingerprint density at radius 2 is 1.65 bits per heavy atom. The molecule has 0 fully saturated rings. The Labute approximate surface area is 125 Å². The zero-order chi connectivity index (χ0) is 14.0. The number of nitrogen functional groups attached to an aromatic ring is 1. The van der Waals surface area contributed by atoms with Crippen LogP contribution in [0.3, 0.4) is 0 Å². The summed E-state index contributed by atoms with van der Waals surface area (Å²) in [7, 11) is 0. The number of hydrogen-bond donors (Lipinski definition) is 1. The second-order valence-corrected chi connectivity index (χ2v) is 5.77. The van der Waals surface area contributed by atoms with Crippen molar-refractivity contribution in [3.63, 3.8) is 0 Å². The number of ether oxygens (including phenoxy) is 1. The lowest BCUT2D eigenvalue weighted by molar-refractivity contribution is 0.310. The zero-order valence-corrected chi connectivity index (χ0v) is 12.4. The highest BCUT2D eigenvalue weighted by molar-refractivity contribution is 7.98. The third-order valence-corrected chi connectivity index (χ3v) is 4.06. The Hall–Kier alpha value is -1.61. The van der Waals surface area contributed by atoms with E-state index >= 15 is 0 Å². The summed E-state index contributed by atoms with van der Waals surface area (Å²) in [6.45, 7) is 0.798. The maximum atomic E-state index is 5.66. The molecule has 0 heterocycles. The van der Waals surface area contributed by atoms with Crippen molar-refractivity contribution in [3.8, 4) is 5.75 Å². The summed E-state index contributed by atoms with van der Waals surface area (Å²) in [5, 5.41) is 0. The van der Waals surface area contributed by atoms with Crippen LogP contribution in [-0.4, -0.2) is 12.4 Å². The van der Waals surface area contributed by atoms with Gasteiger partial charge in [-0.15, -0.1) is 0 Å². The van der Waals surface area contributed by atoms with Gasteiger partial charge in [-0.3, -0.25) is 0 Å². The number of nitrogens with two attached hydrogens (primary N) is 1. The minimum absolute atomic E-state index is 0.798. The quantitative estimate of drug-likeness (QED) is 0.578. The molecular formula is C17H21NOS. The van der Waals surface area contributed by atoms with E-state index in [0.717, 1.165) is 30.2 Å². The van der Waals surface area contributed by atoms with E-state index in [1.807, 2.05) is 54.2 Å². The van der Waals surface area contributed by atoms with Crippen LogP contribution in [0, 0.1) is 0 Å². The van der Waals surface area contributed by atoms with Gasteiger partial charge in [-0.2, -0.15) is 11.8 Å². The summed E-state index contributed by atoms with van der Waals surface area (Å²) in [6, 6.07) is 18.1. The van der Waals surface area contributed by atoms with Gasteiger partial charge in [0.25, 0.3) is 0 Å². The molecule has 0 spiro atoms. The predicted octanol–water partition coefficient (Wildman–Crippen LogP) is 4.36. The Bertz CT molecular complexity index is 484. The van der Waals surface area contributed by atoms with E-state index in [4.69, 9.17) is 10.5 Å². The first kappa shape index (κ1) is 14.8. The molecule has 0 aliphatic rings. The van der Waals surface area contributed by atoms with Crippen LogP contribution in [0.1, 0.15) is 18.4 Å². The maximum Gasteiger partial charge on any atom is 0.119 e. The van der Waals surface area contributed by atoms with E-state index < -0.39 is 0 Å². The van der Waals surface area contributed by atoms with Gasteiger partial charge in [-0.25, -0.2) is 0 Å². The second-order valence-electron chi connectivity index (χ2n) is 4.66. The summed E-state index contributed by atoms with van der Waals surface area (Å²) in [4.78, 5) is 0. The van der Waals surface area contributed by atoms with Crippen LogP contribution in [0.5, 0.6) is 5.75 Å². The molecular weight excluding hydrogens is 266 g/mol. The number of unbranched alkanes of at least 4 members (excludes halogenated alkanes) is 1. The number of thioether (sulfide) groups is 1. The highest BCUT2D eigenvalue weighted by Crippen LogP contribution is 2.15. The smallest absolute Gasteiger partial charge is 0.119 e. The van der Waals surface area contributed by atoms with Crippen LogP contribution in [0.2, 0.25) is 0 Å². The summed E-state index contributed by atoms with van der Waals surface area (Å²) in [6.07, 6.45) is 2.29. The van der Waals surface area contributed by atoms with Gasteiger partial charge in [-0.1, -0.05) is 30.3 Å². The van der Waals surface area contributed by atoms with Gasteiger partial charge in [0.2, 0.25) is 0 Å². The number of anilines is 1. The van der Waals surface area contributed by atoms with E-state index in [2.05, 4.69) is 12.1 Å².